The molecular weight excluding hydrogens is 388 g/mol. The summed E-state index contributed by atoms with van der Waals surface area (Å²) in [5.74, 6) is 0.749. The maximum atomic E-state index is 13.0. The molecule has 3 heterocycles. The summed E-state index contributed by atoms with van der Waals surface area (Å²) in [4.78, 5) is 14.9. The van der Waals surface area contributed by atoms with Crippen LogP contribution in [0.15, 0.2) is 17.2 Å². The summed E-state index contributed by atoms with van der Waals surface area (Å²) in [6.45, 7) is 5.53. The molecule has 9 heteroatoms. The number of carbonyl (C=O) groups excluding carboxylic acids is 1. The number of amides is 1. The van der Waals surface area contributed by atoms with Gasteiger partial charge in [-0.15, -0.1) is 12.4 Å². The molecule has 7 nitrogen and oxygen atoms in total. The summed E-state index contributed by atoms with van der Waals surface area (Å²) in [7, 11) is 0.118. The third kappa shape index (κ3) is 4.67. The second-order valence-electron chi connectivity index (χ2n) is 7.75. The zero-order valence-corrected chi connectivity index (χ0v) is 18.0. The molecule has 2 unspecified atom stereocenters. The van der Waals surface area contributed by atoms with Gasteiger partial charge < -0.3 is 14.8 Å². The standard InChI is InChI=1S/C18H30N4O3S.ClH/c1-14-5-4-7-22(11-14)26(24,25)16-9-17(20(3)13-16)18(23)21-8-6-15(12-21)10-19-2;/h9,13-15,19H,4-8,10-12H2,1-3H3;1H. The third-order valence-corrected chi connectivity index (χ3v) is 7.35. The van der Waals surface area contributed by atoms with Crippen molar-refractivity contribution in [1.29, 1.82) is 0 Å². The van der Waals surface area contributed by atoms with Crippen LogP contribution in [0.2, 0.25) is 0 Å². The Morgan fingerprint density at radius 1 is 1.26 bits per heavy atom. The summed E-state index contributed by atoms with van der Waals surface area (Å²) in [6.07, 6.45) is 4.50. The fourth-order valence-corrected chi connectivity index (χ4v) is 5.71. The van der Waals surface area contributed by atoms with Crippen molar-refractivity contribution in [2.75, 3.05) is 39.8 Å². The Bertz CT molecular complexity index is 765. The first-order valence-electron chi connectivity index (χ1n) is 9.43. The topological polar surface area (TPSA) is 74.7 Å². The van der Waals surface area contributed by atoms with Crippen LogP contribution in [0.4, 0.5) is 0 Å². The van der Waals surface area contributed by atoms with E-state index in [2.05, 4.69) is 12.2 Å². The summed E-state index contributed by atoms with van der Waals surface area (Å²) < 4.78 is 29.1. The highest BCUT2D eigenvalue weighted by atomic mass is 35.5. The zero-order valence-electron chi connectivity index (χ0n) is 16.3. The van der Waals surface area contributed by atoms with Crippen LogP contribution in [0.5, 0.6) is 0 Å². The van der Waals surface area contributed by atoms with Crippen molar-refractivity contribution in [3.05, 3.63) is 18.0 Å². The van der Waals surface area contributed by atoms with E-state index in [1.165, 1.54) is 0 Å². The molecule has 0 radical (unpaired) electrons. The number of hydrogen-bond acceptors (Lipinski definition) is 4. The first-order valence-corrected chi connectivity index (χ1v) is 10.9. The van der Waals surface area contributed by atoms with Gasteiger partial charge >= 0.3 is 0 Å². The number of aromatic nitrogens is 1. The third-order valence-electron chi connectivity index (χ3n) is 5.52. The van der Waals surface area contributed by atoms with Crippen molar-refractivity contribution < 1.29 is 13.2 Å². The molecule has 0 aliphatic carbocycles. The van der Waals surface area contributed by atoms with Crippen molar-refractivity contribution in [2.24, 2.45) is 18.9 Å². The number of likely N-dealkylation sites (tertiary alicyclic amines) is 1. The lowest BCUT2D eigenvalue weighted by Gasteiger charge is -2.29. The van der Waals surface area contributed by atoms with Gasteiger partial charge in [0, 0.05) is 39.4 Å². The predicted molar refractivity (Wildman–Crippen MR) is 108 cm³/mol. The van der Waals surface area contributed by atoms with E-state index < -0.39 is 10.0 Å². The monoisotopic (exact) mass is 418 g/mol. The van der Waals surface area contributed by atoms with Gasteiger partial charge in [-0.05, 0) is 50.8 Å². The number of piperidine rings is 1. The molecule has 2 aliphatic rings. The number of aryl methyl sites for hydroxylation is 1. The van der Waals surface area contributed by atoms with E-state index in [0.717, 1.165) is 38.9 Å². The molecule has 3 rings (SSSR count). The van der Waals surface area contributed by atoms with Crippen molar-refractivity contribution in [3.8, 4) is 0 Å². The Labute approximate surface area is 168 Å². The average Bonchev–Trinajstić information content (AvgIpc) is 3.22. The number of rotatable bonds is 5. The quantitative estimate of drug-likeness (QED) is 0.787. The van der Waals surface area contributed by atoms with Crippen LogP contribution in [0.1, 0.15) is 36.7 Å². The molecule has 2 aliphatic heterocycles. The largest absolute Gasteiger partial charge is 0.345 e. The highest BCUT2D eigenvalue weighted by Gasteiger charge is 2.32. The molecule has 1 aromatic heterocycles. The van der Waals surface area contributed by atoms with Crippen LogP contribution in [0.25, 0.3) is 0 Å². The van der Waals surface area contributed by atoms with E-state index in [9.17, 15) is 13.2 Å². The maximum Gasteiger partial charge on any atom is 0.270 e. The Morgan fingerprint density at radius 2 is 2.00 bits per heavy atom. The molecule has 0 saturated carbocycles. The molecule has 2 fully saturated rings. The molecule has 0 aromatic carbocycles. The molecule has 27 heavy (non-hydrogen) atoms. The van der Waals surface area contributed by atoms with Gasteiger partial charge in [0.05, 0.1) is 0 Å². The van der Waals surface area contributed by atoms with Crippen LogP contribution in [0, 0.1) is 11.8 Å². The maximum absolute atomic E-state index is 13.0. The number of hydrogen-bond donors (Lipinski definition) is 1. The van der Waals surface area contributed by atoms with Gasteiger partial charge in [0.2, 0.25) is 10.0 Å². The zero-order chi connectivity index (χ0) is 18.9. The summed E-state index contributed by atoms with van der Waals surface area (Å²) in [5.41, 5.74) is 0.443. The molecule has 0 bridgehead atoms. The minimum absolute atomic E-state index is 0. The fourth-order valence-electron chi connectivity index (χ4n) is 4.04. The molecule has 2 atom stereocenters. The van der Waals surface area contributed by atoms with Gasteiger partial charge in [0.25, 0.3) is 5.91 Å². The van der Waals surface area contributed by atoms with Crippen molar-refractivity contribution >= 4 is 28.3 Å². The SMILES string of the molecule is CNCC1CCN(C(=O)c2cc(S(=O)(=O)N3CCCC(C)C3)cn2C)C1.Cl. The van der Waals surface area contributed by atoms with Crippen LogP contribution in [-0.2, 0) is 17.1 Å². The van der Waals surface area contributed by atoms with Gasteiger partial charge in [-0.25, -0.2) is 8.42 Å². The van der Waals surface area contributed by atoms with Crippen molar-refractivity contribution in [1.82, 2.24) is 19.1 Å². The van der Waals surface area contributed by atoms with E-state index >= 15 is 0 Å². The van der Waals surface area contributed by atoms with Gasteiger partial charge in [-0.1, -0.05) is 6.92 Å². The number of halogens is 1. The Hall–Kier alpha value is -1.09. The van der Waals surface area contributed by atoms with Crippen LogP contribution < -0.4 is 5.32 Å². The molecule has 1 N–H and O–H groups in total. The van der Waals surface area contributed by atoms with E-state index in [0.29, 0.717) is 30.6 Å². The minimum Gasteiger partial charge on any atom is -0.345 e. The Kier molecular flexibility index (Phi) is 7.35. The number of nitrogens with zero attached hydrogens (tertiary/aromatic N) is 3. The summed E-state index contributed by atoms with van der Waals surface area (Å²) in [6, 6.07) is 1.54. The second-order valence-corrected chi connectivity index (χ2v) is 9.68. The lowest BCUT2D eigenvalue weighted by Crippen LogP contribution is -2.38. The first-order chi connectivity index (χ1) is 12.3. The molecule has 1 aromatic rings. The molecule has 1 amide bonds. The van der Waals surface area contributed by atoms with E-state index in [4.69, 9.17) is 0 Å². The van der Waals surface area contributed by atoms with E-state index in [1.54, 1.807) is 28.2 Å². The Balaban J connectivity index is 0.00000261. The van der Waals surface area contributed by atoms with Crippen LogP contribution in [0.3, 0.4) is 0 Å². The van der Waals surface area contributed by atoms with E-state index in [1.807, 2.05) is 11.9 Å². The van der Waals surface area contributed by atoms with Gasteiger partial charge in [-0.3, -0.25) is 4.79 Å². The summed E-state index contributed by atoms with van der Waals surface area (Å²) >= 11 is 0. The van der Waals surface area contributed by atoms with Crippen LogP contribution in [-0.4, -0.2) is 67.9 Å². The fraction of sp³-hybridized carbons (Fsp3) is 0.722. The second kappa shape index (κ2) is 8.94. The highest BCUT2D eigenvalue weighted by Crippen LogP contribution is 2.26. The predicted octanol–water partition coefficient (Wildman–Crippen LogP) is 1.55. The van der Waals surface area contributed by atoms with Gasteiger partial charge in [-0.2, -0.15) is 4.31 Å². The average molecular weight is 419 g/mol. The van der Waals surface area contributed by atoms with Crippen molar-refractivity contribution in [2.45, 2.75) is 31.1 Å². The van der Waals surface area contributed by atoms with Gasteiger partial charge in [0.15, 0.2) is 0 Å². The first kappa shape index (κ1) is 22.2. The molecule has 2 saturated heterocycles. The van der Waals surface area contributed by atoms with Gasteiger partial charge in [0.1, 0.15) is 10.6 Å². The Morgan fingerprint density at radius 3 is 2.67 bits per heavy atom. The normalized spacial score (nSPS) is 24.0. The molecule has 0 spiro atoms. The molecular formula is C18H31ClN4O3S. The smallest absolute Gasteiger partial charge is 0.270 e. The number of sulfonamides is 1. The lowest BCUT2D eigenvalue weighted by atomic mass is 10.0. The molecule has 154 valence electrons. The summed E-state index contributed by atoms with van der Waals surface area (Å²) in [5, 5.41) is 3.16. The van der Waals surface area contributed by atoms with E-state index in [-0.39, 0.29) is 23.2 Å². The number of nitrogens with one attached hydrogen (secondary N) is 1. The highest BCUT2D eigenvalue weighted by molar-refractivity contribution is 7.89. The van der Waals surface area contributed by atoms with Crippen molar-refractivity contribution in [3.63, 3.8) is 0 Å². The lowest BCUT2D eigenvalue weighted by molar-refractivity contribution is 0.0777. The van der Waals surface area contributed by atoms with Crippen LogP contribution >= 0.6 is 12.4 Å². The number of carbonyl (C=O) groups is 1. The minimum atomic E-state index is -3.54.